The fourth-order valence-electron chi connectivity index (χ4n) is 4.30. The van der Waals surface area contributed by atoms with Gasteiger partial charge >= 0.3 is 5.97 Å². The lowest BCUT2D eigenvalue weighted by atomic mass is 10.2. The van der Waals surface area contributed by atoms with E-state index in [1.165, 1.54) is 35.1 Å². The van der Waals surface area contributed by atoms with Crippen LogP contribution in [0.5, 0.6) is 0 Å². The molecule has 0 aromatic carbocycles. The minimum atomic E-state index is -0.941. The van der Waals surface area contributed by atoms with E-state index < -0.39 is 5.97 Å². The maximum atomic E-state index is 12.2. The van der Waals surface area contributed by atoms with Crippen molar-refractivity contribution in [2.24, 2.45) is 0 Å². The minimum Gasteiger partial charge on any atom is -0.481 e. The van der Waals surface area contributed by atoms with Crippen molar-refractivity contribution in [3.63, 3.8) is 0 Å². The highest BCUT2D eigenvalue weighted by Gasteiger charge is 2.26. The average Bonchev–Trinajstić information content (AvgIpc) is 3.57. The summed E-state index contributed by atoms with van der Waals surface area (Å²) in [5.41, 5.74) is 2.15. The third-order valence-electron chi connectivity index (χ3n) is 6.19. The maximum Gasteiger partial charge on any atom is 0.307 e. The lowest BCUT2D eigenvalue weighted by Gasteiger charge is -2.15. The average molecular weight is 447 g/mol. The van der Waals surface area contributed by atoms with Crippen LogP contribution in [-0.2, 0) is 11.2 Å². The number of hydrogen-bond donors (Lipinski definition) is 3. The van der Waals surface area contributed by atoms with Gasteiger partial charge in [-0.25, -0.2) is 15.0 Å². The summed E-state index contributed by atoms with van der Waals surface area (Å²) < 4.78 is 1.42. The van der Waals surface area contributed by atoms with E-state index in [-0.39, 0.29) is 18.0 Å². The molecule has 2 fully saturated rings. The summed E-state index contributed by atoms with van der Waals surface area (Å²) >= 11 is 0. The zero-order valence-corrected chi connectivity index (χ0v) is 18.1. The van der Waals surface area contributed by atoms with Crippen LogP contribution in [0.4, 0.5) is 11.8 Å². The zero-order chi connectivity index (χ0) is 22.8. The van der Waals surface area contributed by atoms with E-state index >= 15 is 0 Å². The molecule has 3 aromatic heterocycles. The molecule has 5 rings (SSSR count). The number of aliphatic carboxylic acids is 1. The van der Waals surface area contributed by atoms with Gasteiger partial charge in [0.05, 0.1) is 18.3 Å². The zero-order valence-electron chi connectivity index (χ0n) is 18.1. The molecule has 0 spiro atoms. The molecule has 3 aromatic rings. The highest BCUT2D eigenvalue weighted by Crippen LogP contribution is 2.39. The SMILES string of the molecule is O=C(O)Cc1ccc(=O)n(-c2ccc(N[C@H]3CC[C@H](Nc4ncc(C5CC5)cn4)C3)nc2)c1. The molecule has 33 heavy (non-hydrogen) atoms. The van der Waals surface area contributed by atoms with Crippen molar-refractivity contribution in [3.8, 4) is 5.69 Å². The van der Waals surface area contributed by atoms with Crippen molar-refractivity contribution in [1.29, 1.82) is 0 Å². The van der Waals surface area contributed by atoms with Crippen molar-refractivity contribution in [3.05, 3.63) is 70.5 Å². The van der Waals surface area contributed by atoms with E-state index in [4.69, 9.17) is 5.11 Å². The molecule has 2 aliphatic rings. The Kier molecular flexibility index (Phi) is 5.77. The summed E-state index contributed by atoms with van der Waals surface area (Å²) in [6.45, 7) is 0. The minimum absolute atomic E-state index is 0.139. The van der Waals surface area contributed by atoms with Crippen LogP contribution in [0.1, 0.15) is 49.1 Å². The largest absolute Gasteiger partial charge is 0.481 e. The van der Waals surface area contributed by atoms with Crippen LogP contribution in [0.3, 0.4) is 0 Å². The Hall–Kier alpha value is -3.75. The van der Waals surface area contributed by atoms with Gasteiger partial charge in [-0.05, 0) is 61.3 Å². The van der Waals surface area contributed by atoms with Crippen LogP contribution < -0.4 is 16.2 Å². The molecule has 0 unspecified atom stereocenters. The monoisotopic (exact) mass is 446 g/mol. The van der Waals surface area contributed by atoms with Crippen molar-refractivity contribution >= 4 is 17.7 Å². The number of nitrogens with zero attached hydrogens (tertiary/aromatic N) is 4. The Balaban J connectivity index is 1.18. The molecule has 0 amide bonds. The van der Waals surface area contributed by atoms with Crippen LogP contribution in [0, 0.1) is 0 Å². The predicted octanol–water partition coefficient (Wildman–Crippen LogP) is 2.97. The lowest BCUT2D eigenvalue weighted by Crippen LogP contribution is -2.22. The van der Waals surface area contributed by atoms with Gasteiger partial charge in [0, 0.05) is 36.7 Å². The highest BCUT2D eigenvalue weighted by molar-refractivity contribution is 5.70. The first-order valence-electron chi connectivity index (χ1n) is 11.3. The predicted molar refractivity (Wildman–Crippen MR) is 124 cm³/mol. The van der Waals surface area contributed by atoms with E-state index in [0.717, 1.165) is 25.1 Å². The van der Waals surface area contributed by atoms with Crippen LogP contribution in [0.2, 0.25) is 0 Å². The van der Waals surface area contributed by atoms with Crippen molar-refractivity contribution in [2.75, 3.05) is 10.6 Å². The maximum absolute atomic E-state index is 12.2. The number of carbonyl (C=O) groups is 1. The number of aromatic nitrogens is 4. The van der Waals surface area contributed by atoms with E-state index in [1.54, 1.807) is 18.5 Å². The highest BCUT2D eigenvalue weighted by atomic mass is 16.4. The van der Waals surface area contributed by atoms with Gasteiger partial charge in [-0.1, -0.05) is 6.07 Å². The van der Waals surface area contributed by atoms with Crippen molar-refractivity contribution in [2.45, 2.75) is 56.5 Å². The lowest BCUT2D eigenvalue weighted by molar-refractivity contribution is -0.136. The number of anilines is 2. The molecular weight excluding hydrogens is 420 g/mol. The molecule has 3 heterocycles. The molecule has 9 heteroatoms. The smallest absolute Gasteiger partial charge is 0.307 e. The fourth-order valence-corrected chi connectivity index (χ4v) is 4.30. The number of carboxylic acids is 1. The van der Waals surface area contributed by atoms with Gasteiger partial charge in [0.1, 0.15) is 5.82 Å². The molecule has 2 aliphatic carbocycles. The first-order valence-corrected chi connectivity index (χ1v) is 11.3. The summed E-state index contributed by atoms with van der Waals surface area (Å²) in [5, 5.41) is 15.9. The van der Waals surface area contributed by atoms with Gasteiger partial charge in [-0.2, -0.15) is 0 Å². The topological polar surface area (TPSA) is 122 Å². The Morgan fingerprint density at radius 2 is 1.73 bits per heavy atom. The Bertz CT molecular complexity index is 1190. The van der Waals surface area contributed by atoms with Crippen LogP contribution >= 0.6 is 0 Å². The molecule has 2 saturated carbocycles. The molecule has 9 nitrogen and oxygen atoms in total. The third-order valence-corrected chi connectivity index (χ3v) is 6.19. The molecular formula is C24H26N6O3. The number of hydrogen-bond acceptors (Lipinski definition) is 7. The van der Waals surface area contributed by atoms with Crippen molar-refractivity contribution < 1.29 is 9.90 Å². The summed E-state index contributed by atoms with van der Waals surface area (Å²) in [4.78, 5) is 36.6. The second kappa shape index (κ2) is 9.01. The van der Waals surface area contributed by atoms with Crippen LogP contribution in [0.15, 0.2) is 53.8 Å². The van der Waals surface area contributed by atoms with Gasteiger partial charge < -0.3 is 15.7 Å². The standard InChI is InChI=1S/C24H26N6O3/c31-22-8-1-15(9-23(32)33)14-30(22)20-6-7-21(25-13-20)28-18-4-5-19(10-18)29-24-26-11-17(12-27-24)16-2-3-16/h1,6-8,11-14,16,18-19H,2-5,9-10H2,(H,25,28)(H,32,33)(H,26,27,29)/t18-,19-/m0/s1. The first-order chi connectivity index (χ1) is 16.0. The van der Waals surface area contributed by atoms with Gasteiger partial charge in [0.15, 0.2) is 0 Å². The summed E-state index contributed by atoms with van der Waals surface area (Å²) in [7, 11) is 0. The molecule has 2 atom stereocenters. The van der Waals surface area contributed by atoms with E-state index in [9.17, 15) is 9.59 Å². The van der Waals surface area contributed by atoms with Gasteiger partial charge in [-0.3, -0.25) is 14.2 Å². The molecule has 3 N–H and O–H groups in total. The van der Waals surface area contributed by atoms with Gasteiger partial charge in [0.2, 0.25) is 5.95 Å². The summed E-state index contributed by atoms with van der Waals surface area (Å²) in [6.07, 6.45) is 12.4. The molecule has 0 saturated heterocycles. The molecule has 0 bridgehead atoms. The second-order valence-electron chi connectivity index (χ2n) is 8.83. The van der Waals surface area contributed by atoms with E-state index in [2.05, 4.69) is 25.6 Å². The first kappa shape index (κ1) is 21.1. The number of carboxylic acid groups (broad SMARTS) is 1. The van der Waals surface area contributed by atoms with E-state index in [0.29, 0.717) is 29.2 Å². The number of pyridine rings is 2. The summed E-state index contributed by atoms with van der Waals surface area (Å²) in [6, 6.07) is 7.15. The van der Waals surface area contributed by atoms with Crippen LogP contribution in [-0.4, -0.2) is 42.7 Å². The van der Waals surface area contributed by atoms with Gasteiger partial charge in [0.25, 0.3) is 5.56 Å². The number of nitrogens with one attached hydrogen (secondary N) is 2. The Labute approximate surface area is 190 Å². The Morgan fingerprint density at radius 3 is 2.39 bits per heavy atom. The van der Waals surface area contributed by atoms with Crippen molar-refractivity contribution in [1.82, 2.24) is 19.5 Å². The second-order valence-corrected chi connectivity index (χ2v) is 8.83. The third kappa shape index (κ3) is 5.19. The summed E-state index contributed by atoms with van der Waals surface area (Å²) in [5.74, 6) is 1.14. The quantitative estimate of drug-likeness (QED) is 0.483. The van der Waals surface area contributed by atoms with Crippen LogP contribution in [0.25, 0.3) is 5.69 Å². The van der Waals surface area contributed by atoms with Gasteiger partial charge in [-0.15, -0.1) is 0 Å². The Morgan fingerprint density at radius 1 is 0.970 bits per heavy atom. The molecule has 170 valence electrons. The normalized spacial score (nSPS) is 19.9. The number of rotatable bonds is 8. The molecule has 0 aliphatic heterocycles. The van der Waals surface area contributed by atoms with E-state index in [1.807, 2.05) is 18.5 Å². The fraction of sp³-hybridized carbons (Fsp3) is 0.375. The molecule has 0 radical (unpaired) electrons.